The zero-order chi connectivity index (χ0) is 17.9. The van der Waals surface area contributed by atoms with Crippen LogP contribution in [0.4, 0.5) is 0 Å². The molecule has 0 bridgehead atoms. The molecule has 2 rings (SSSR count). The van der Waals surface area contributed by atoms with E-state index in [1.165, 1.54) is 0 Å². The summed E-state index contributed by atoms with van der Waals surface area (Å²) >= 11 is 18.1. The van der Waals surface area contributed by atoms with Crippen LogP contribution < -0.4 is 5.32 Å². The molecule has 130 valence electrons. The van der Waals surface area contributed by atoms with Crippen molar-refractivity contribution in [1.82, 2.24) is 5.32 Å². The van der Waals surface area contributed by atoms with Gasteiger partial charge < -0.3 is 5.32 Å². The topological polar surface area (TPSA) is 29.1 Å². The molecular weight excluding hydrogens is 365 g/mol. The molecule has 1 aromatic carbocycles. The van der Waals surface area contributed by atoms with E-state index in [2.05, 4.69) is 25.2 Å². The Balaban J connectivity index is 1.85. The number of carbonyl (C=O) groups is 1. The van der Waals surface area contributed by atoms with Gasteiger partial charge in [0.2, 0.25) is 5.91 Å². The Hall–Kier alpha value is -0.960. The van der Waals surface area contributed by atoms with Crippen molar-refractivity contribution in [3.05, 3.63) is 57.1 Å². The Kier molecular flexibility index (Phi) is 6.79. The lowest BCUT2D eigenvalue weighted by molar-refractivity contribution is -0.117. The minimum atomic E-state index is -0.0653. The van der Waals surface area contributed by atoms with Gasteiger partial charge in [0, 0.05) is 12.1 Å². The van der Waals surface area contributed by atoms with E-state index < -0.39 is 0 Å². The van der Waals surface area contributed by atoms with Gasteiger partial charge in [0.25, 0.3) is 0 Å². The zero-order valence-electron chi connectivity index (χ0n) is 14.0. The summed E-state index contributed by atoms with van der Waals surface area (Å²) in [5.41, 5.74) is 1.11. The lowest BCUT2D eigenvalue weighted by Crippen LogP contribution is -2.34. The lowest BCUT2D eigenvalue weighted by atomic mass is 10.1. The second-order valence-corrected chi connectivity index (χ2v) is 7.78. The highest BCUT2D eigenvalue weighted by molar-refractivity contribution is 6.48. The largest absolute Gasteiger partial charge is 0.350 e. The van der Waals surface area contributed by atoms with Crippen LogP contribution in [0.2, 0.25) is 15.1 Å². The number of hydrogen-bond acceptors (Lipinski definition) is 1. The first-order valence-corrected chi connectivity index (χ1v) is 9.22. The van der Waals surface area contributed by atoms with E-state index in [1.54, 1.807) is 12.2 Å². The van der Waals surface area contributed by atoms with Crippen molar-refractivity contribution in [1.29, 1.82) is 0 Å². The number of benzene rings is 1. The molecule has 3 atom stereocenters. The van der Waals surface area contributed by atoms with Gasteiger partial charge in [0.1, 0.15) is 0 Å². The van der Waals surface area contributed by atoms with Gasteiger partial charge in [-0.3, -0.25) is 4.79 Å². The van der Waals surface area contributed by atoms with Crippen molar-refractivity contribution in [2.75, 3.05) is 0 Å². The van der Waals surface area contributed by atoms with Crippen molar-refractivity contribution in [2.45, 2.75) is 39.2 Å². The normalized spacial score (nSPS) is 21.6. The van der Waals surface area contributed by atoms with E-state index >= 15 is 0 Å². The molecule has 1 aromatic rings. The maximum Gasteiger partial charge on any atom is 0.244 e. The van der Waals surface area contributed by atoms with Crippen LogP contribution in [-0.4, -0.2) is 11.9 Å². The van der Waals surface area contributed by atoms with Gasteiger partial charge in [-0.25, -0.2) is 0 Å². The van der Waals surface area contributed by atoms with E-state index in [-0.39, 0.29) is 11.9 Å². The molecule has 1 N–H and O–H groups in total. The van der Waals surface area contributed by atoms with Crippen molar-refractivity contribution in [3.8, 4) is 0 Å². The fourth-order valence-electron chi connectivity index (χ4n) is 2.39. The van der Waals surface area contributed by atoms with Gasteiger partial charge in [-0.1, -0.05) is 66.9 Å². The van der Waals surface area contributed by atoms with Crippen LogP contribution >= 0.6 is 34.8 Å². The van der Waals surface area contributed by atoms with Crippen molar-refractivity contribution in [3.63, 3.8) is 0 Å². The van der Waals surface area contributed by atoms with E-state index in [1.807, 2.05) is 25.1 Å². The molecule has 1 aliphatic carbocycles. The molecule has 1 amide bonds. The van der Waals surface area contributed by atoms with Crippen LogP contribution in [0.5, 0.6) is 0 Å². The van der Waals surface area contributed by atoms with E-state index in [4.69, 9.17) is 34.8 Å². The summed E-state index contributed by atoms with van der Waals surface area (Å²) in [5.74, 6) is 1.21. The van der Waals surface area contributed by atoms with E-state index in [0.29, 0.717) is 32.8 Å². The molecule has 0 aromatic heterocycles. The Morgan fingerprint density at radius 1 is 1.17 bits per heavy atom. The third-order valence-corrected chi connectivity index (χ3v) is 5.56. The van der Waals surface area contributed by atoms with Gasteiger partial charge in [-0.05, 0) is 48.8 Å². The zero-order valence-corrected chi connectivity index (χ0v) is 16.3. The van der Waals surface area contributed by atoms with Crippen molar-refractivity contribution in [2.24, 2.45) is 11.8 Å². The SMILES string of the molecule is CC(C)C(C)NC(=O)/C=C/C=C/C1CC1c1cc(Cl)c(Cl)c(Cl)c1. The highest BCUT2D eigenvalue weighted by atomic mass is 35.5. The Morgan fingerprint density at radius 3 is 2.38 bits per heavy atom. The van der Waals surface area contributed by atoms with Gasteiger partial charge in [0.15, 0.2) is 0 Å². The van der Waals surface area contributed by atoms with E-state index in [9.17, 15) is 4.79 Å². The van der Waals surface area contributed by atoms with Gasteiger partial charge in [0.05, 0.1) is 15.1 Å². The Bertz CT molecular complexity index is 644. The van der Waals surface area contributed by atoms with Crippen LogP contribution in [-0.2, 0) is 4.79 Å². The summed E-state index contributed by atoms with van der Waals surface area (Å²) in [5, 5.41) is 4.32. The predicted molar refractivity (Wildman–Crippen MR) is 103 cm³/mol. The maximum atomic E-state index is 11.7. The summed E-state index contributed by atoms with van der Waals surface area (Å²) in [6, 6.07) is 3.92. The Labute approximate surface area is 158 Å². The van der Waals surface area contributed by atoms with Crippen molar-refractivity contribution >= 4 is 40.7 Å². The highest BCUT2D eigenvalue weighted by Gasteiger charge is 2.36. The van der Waals surface area contributed by atoms with Crippen LogP contribution in [0.25, 0.3) is 0 Å². The molecule has 0 saturated heterocycles. The molecule has 0 spiro atoms. The number of amides is 1. The van der Waals surface area contributed by atoms with Crippen LogP contribution in [0.15, 0.2) is 36.4 Å². The molecule has 1 saturated carbocycles. The summed E-state index contributed by atoms with van der Waals surface area (Å²) in [6.45, 7) is 6.16. The molecule has 5 heteroatoms. The van der Waals surface area contributed by atoms with E-state index in [0.717, 1.165) is 12.0 Å². The fraction of sp³-hybridized carbons (Fsp3) is 0.421. The molecule has 2 nitrogen and oxygen atoms in total. The number of rotatable bonds is 6. The molecule has 0 radical (unpaired) electrons. The summed E-state index contributed by atoms with van der Waals surface area (Å²) in [6.07, 6.45) is 8.41. The average molecular weight is 387 g/mol. The molecule has 1 aliphatic rings. The first-order valence-electron chi connectivity index (χ1n) is 8.09. The van der Waals surface area contributed by atoms with Gasteiger partial charge in [-0.2, -0.15) is 0 Å². The summed E-state index contributed by atoms with van der Waals surface area (Å²) < 4.78 is 0. The first kappa shape index (κ1) is 19.4. The number of hydrogen-bond donors (Lipinski definition) is 1. The highest BCUT2D eigenvalue weighted by Crippen LogP contribution is 2.50. The number of nitrogens with one attached hydrogen (secondary N) is 1. The maximum absolute atomic E-state index is 11.7. The quantitative estimate of drug-likeness (QED) is 0.361. The smallest absolute Gasteiger partial charge is 0.244 e. The molecule has 1 fully saturated rings. The third kappa shape index (κ3) is 5.27. The minimum absolute atomic E-state index is 0.0653. The summed E-state index contributed by atoms with van der Waals surface area (Å²) in [7, 11) is 0. The molecule has 0 heterocycles. The number of halogens is 3. The average Bonchev–Trinajstić information content (AvgIpc) is 3.28. The second-order valence-electron chi connectivity index (χ2n) is 6.59. The van der Waals surface area contributed by atoms with Crippen molar-refractivity contribution < 1.29 is 4.79 Å². The third-order valence-electron chi connectivity index (χ3n) is 4.36. The number of allylic oxidation sites excluding steroid dienone is 3. The monoisotopic (exact) mass is 385 g/mol. The summed E-state index contributed by atoms with van der Waals surface area (Å²) in [4.78, 5) is 11.7. The first-order chi connectivity index (χ1) is 11.3. The lowest BCUT2D eigenvalue weighted by Gasteiger charge is -2.15. The van der Waals surface area contributed by atoms with Crippen LogP contribution in [0, 0.1) is 11.8 Å². The van der Waals surface area contributed by atoms with Crippen LogP contribution in [0.1, 0.15) is 38.7 Å². The standard InChI is InChI=1S/C19H22Cl3NO/c1-11(2)12(3)23-18(24)7-5-4-6-13-8-15(13)14-9-16(20)19(22)17(21)10-14/h4-7,9-13,15H,8H2,1-3H3,(H,23,24)/b6-4+,7-5+. The van der Waals surface area contributed by atoms with Crippen LogP contribution in [0.3, 0.4) is 0 Å². The molecule has 0 aliphatic heterocycles. The predicted octanol–water partition coefficient (Wildman–Crippen LogP) is 6.02. The Morgan fingerprint density at radius 2 is 1.79 bits per heavy atom. The molecule has 3 unspecified atom stereocenters. The number of carbonyl (C=O) groups excluding carboxylic acids is 1. The van der Waals surface area contributed by atoms with Gasteiger partial charge >= 0.3 is 0 Å². The molecule has 24 heavy (non-hydrogen) atoms. The molecular formula is C19H22Cl3NO. The second kappa shape index (κ2) is 8.42. The fourth-order valence-corrected chi connectivity index (χ4v) is 3.00. The minimum Gasteiger partial charge on any atom is -0.350 e. The van der Waals surface area contributed by atoms with Gasteiger partial charge in [-0.15, -0.1) is 0 Å².